The number of hydrogen-bond acceptors (Lipinski definition) is 3. The van der Waals surface area contributed by atoms with Crippen LogP contribution in [0.1, 0.15) is 29.6 Å². The zero-order valence-corrected chi connectivity index (χ0v) is 12.1. The zero-order valence-electron chi connectivity index (χ0n) is 10.5. The van der Waals surface area contributed by atoms with Crippen LogP contribution in [0.3, 0.4) is 0 Å². The fourth-order valence-electron chi connectivity index (χ4n) is 3.02. The number of imide groups is 1. The molecule has 1 aliphatic heterocycles. The minimum Gasteiger partial charge on any atom is -0.478 e. The van der Waals surface area contributed by atoms with Crippen molar-refractivity contribution in [2.45, 2.75) is 19.3 Å². The van der Waals surface area contributed by atoms with E-state index in [1.54, 1.807) is 6.07 Å². The summed E-state index contributed by atoms with van der Waals surface area (Å²) in [4.78, 5) is 37.1. The summed E-state index contributed by atoms with van der Waals surface area (Å²) in [5.74, 6) is -1.99. The molecule has 104 valence electrons. The summed E-state index contributed by atoms with van der Waals surface area (Å²) >= 11 is 3.20. The van der Waals surface area contributed by atoms with Crippen molar-refractivity contribution >= 4 is 39.4 Å². The van der Waals surface area contributed by atoms with Crippen molar-refractivity contribution in [1.29, 1.82) is 0 Å². The second-order valence-corrected chi connectivity index (χ2v) is 6.10. The molecule has 1 aromatic rings. The lowest BCUT2D eigenvalue weighted by molar-refractivity contribution is -0.132. The molecule has 6 heteroatoms. The number of carboxylic acids is 1. The number of fused-ring (bicyclic) bond motifs is 2. The van der Waals surface area contributed by atoms with Gasteiger partial charge in [0.15, 0.2) is 0 Å². The number of aromatic carboxylic acids is 1. The van der Waals surface area contributed by atoms with E-state index in [1.165, 1.54) is 12.1 Å². The lowest BCUT2D eigenvalue weighted by Crippen LogP contribution is -2.47. The van der Waals surface area contributed by atoms with Crippen LogP contribution in [0.2, 0.25) is 0 Å². The van der Waals surface area contributed by atoms with Gasteiger partial charge in [0.05, 0.1) is 11.3 Å². The molecule has 0 radical (unpaired) electrons. The highest BCUT2D eigenvalue weighted by molar-refractivity contribution is 9.10. The van der Waals surface area contributed by atoms with Gasteiger partial charge >= 0.3 is 5.97 Å². The summed E-state index contributed by atoms with van der Waals surface area (Å²) < 4.78 is 0.596. The predicted molar refractivity (Wildman–Crippen MR) is 74.4 cm³/mol. The van der Waals surface area contributed by atoms with Crippen LogP contribution in [0.25, 0.3) is 0 Å². The molecule has 2 unspecified atom stereocenters. The number of benzene rings is 1. The number of hydrogen-bond donors (Lipinski definition) is 1. The molecule has 2 atom stereocenters. The zero-order chi connectivity index (χ0) is 14.4. The first-order chi connectivity index (χ1) is 9.49. The van der Waals surface area contributed by atoms with Crippen molar-refractivity contribution in [1.82, 2.24) is 0 Å². The molecular weight excluding hydrogens is 326 g/mol. The third kappa shape index (κ3) is 1.95. The molecule has 2 aliphatic rings. The Morgan fingerprint density at radius 3 is 2.35 bits per heavy atom. The van der Waals surface area contributed by atoms with Crippen LogP contribution in [0.5, 0.6) is 0 Å². The van der Waals surface area contributed by atoms with Gasteiger partial charge in [0.2, 0.25) is 11.8 Å². The summed E-state index contributed by atoms with van der Waals surface area (Å²) in [7, 11) is 0. The number of anilines is 1. The summed E-state index contributed by atoms with van der Waals surface area (Å²) in [6.07, 6.45) is 2.03. The largest absolute Gasteiger partial charge is 0.478 e. The lowest BCUT2D eigenvalue weighted by Gasteiger charge is -2.30. The number of rotatable bonds is 2. The first kappa shape index (κ1) is 13.3. The van der Waals surface area contributed by atoms with Crippen LogP contribution in [0.15, 0.2) is 22.7 Å². The number of halogens is 1. The van der Waals surface area contributed by atoms with Gasteiger partial charge in [-0.3, -0.25) is 9.59 Å². The molecule has 1 saturated carbocycles. The summed E-state index contributed by atoms with van der Waals surface area (Å²) in [5, 5.41) is 9.27. The number of carbonyl (C=O) groups excluding carboxylic acids is 2. The minimum atomic E-state index is -1.15. The molecule has 1 aromatic carbocycles. The SMILES string of the molecule is O=C(O)c1cc(Br)ccc1N1C(=O)C2CCC(C2)C1=O. The molecule has 0 aromatic heterocycles. The Bertz CT molecular complexity index is 606. The summed E-state index contributed by atoms with van der Waals surface area (Å²) in [6, 6.07) is 4.56. The second-order valence-electron chi connectivity index (χ2n) is 5.19. The monoisotopic (exact) mass is 337 g/mol. The van der Waals surface area contributed by atoms with Crippen LogP contribution in [-0.2, 0) is 9.59 Å². The maximum absolute atomic E-state index is 12.4. The number of nitrogens with zero attached hydrogens (tertiary/aromatic N) is 1. The minimum absolute atomic E-state index is 0.0395. The topological polar surface area (TPSA) is 74.7 Å². The van der Waals surface area contributed by atoms with Crippen molar-refractivity contribution in [2.75, 3.05) is 4.90 Å². The number of carboxylic acid groups (broad SMARTS) is 1. The Labute approximate surface area is 123 Å². The third-order valence-corrected chi connectivity index (χ3v) is 4.50. The van der Waals surface area contributed by atoms with E-state index in [0.29, 0.717) is 23.7 Å². The van der Waals surface area contributed by atoms with E-state index in [4.69, 9.17) is 0 Å². The molecule has 1 aliphatic carbocycles. The van der Waals surface area contributed by atoms with E-state index in [1.807, 2.05) is 0 Å². The van der Waals surface area contributed by atoms with Gasteiger partial charge in [0.1, 0.15) is 0 Å². The van der Waals surface area contributed by atoms with Gasteiger partial charge in [-0.15, -0.1) is 0 Å². The van der Waals surface area contributed by atoms with Gasteiger partial charge < -0.3 is 5.11 Å². The maximum Gasteiger partial charge on any atom is 0.337 e. The molecular formula is C14H12BrNO4. The van der Waals surface area contributed by atoms with Crippen LogP contribution in [0, 0.1) is 11.8 Å². The van der Waals surface area contributed by atoms with Crippen molar-refractivity contribution in [2.24, 2.45) is 11.8 Å². The molecule has 20 heavy (non-hydrogen) atoms. The van der Waals surface area contributed by atoms with E-state index < -0.39 is 5.97 Å². The highest BCUT2D eigenvalue weighted by Crippen LogP contribution is 2.41. The molecule has 1 N–H and O–H groups in total. The molecule has 2 fully saturated rings. The fourth-order valence-corrected chi connectivity index (χ4v) is 3.38. The van der Waals surface area contributed by atoms with E-state index in [2.05, 4.69) is 15.9 Å². The van der Waals surface area contributed by atoms with Gasteiger partial charge in [-0.05, 0) is 37.5 Å². The van der Waals surface area contributed by atoms with E-state index >= 15 is 0 Å². The quantitative estimate of drug-likeness (QED) is 0.841. The van der Waals surface area contributed by atoms with Gasteiger partial charge in [-0.25, -0.2) is 9.69 Å². The van der Waals surface area contributed by atoms with Crippen LogP contribution >= 0.6 is 15.9 Å². The molecule has 1 heterocycles. The lowest BCUT2D eigenvalue weighted by atomic mass is 9.95. The summed E-state index contributed by atoms with van der Waals surface area (Å²) in [6.45, 7) is 0. The molecule has 1 saturated heterocycles. The average molecular weight is 338 g/mol. The summed E-state index contributed by atoms with van der Waals surface area (Å²) in [5.41, 5.74) is 0.134. The van der Waals surface area contributed by atoms with Crippen LogP contribution < -0.4 is 4.90 Å². The Balaban J connectivity index is 2.10. The second kappa shape index (κ2) is 4.70. The molecule has 2 amide bonds. The smallest absolute Gasteiger partial charge is 0.337 e. The molecule has 0 spiro atoms. The average Bonchev–Trinajstić information content (AvgIpc) is 2.85. The molecule has 3 rings (SSSR count). The highest BCUT2D eigenvalue weighted by atomic mass is 79.9. The third-order valence-electron chi connectivity index (χ3n) is 4.00. The normalized spacial score (nSPS) is 25.1. The standard InChI is InChI=1S/C14H12BrNO4/c15-9-3-4-11(10(6-9)14(19)20)16-12(17)7-1-2-8(5-7)13(16)18/h3-4,6-8H,1-2,5H2,(H,19,20). The molecule has 2 bridgehead atoms. The Morgan fingerprint density at radius 1 is 1.20 bits per heavy atom. The Hall–Kier alpha value is -1.69. The number of piperidine rings is 1. The van der Waals surface area contributed by atoms with Crippen LogP contribution in [0.4, 0.5) is 5.69 Å². The van der Waals surface area contributed by atoms with Gasteiger partial charge in [0.25, 0.3) is 0 Å². The van der Waals surface area contributed by atoms with Gasteiger partial charge in [-0.2, -0.15) is 0 Å². The van der Waals surface area contributed by atoms with E-state index in [9.17, 15) is 19.5 Å². The molecule has 5 nitrogen and oxygen atoms in total. The van der Waals surface area contributed by atoms with Crippen molar-refractivity contribution in [3.05, 3.63) is 28.2 Å². The highest BCUT2D eigenvalue weighted by Gasteiger charge is 2.46. The van der Waals surface area contributed by atoms with Gasteiger partial charge in [-0.1, -0.05) is 15.9 Å². The maximum atomic E-state index is 12.4. The van der Waals surface area contributed by atoms with Crippen molar-refractivity contribution in [3.63, 3.8) is 0 Å². The van der Waals surface area contributed by atoms with E-state index in [-0.39, 0.29) is 34.9 Å². The van der Waals surface area contributed by atoms with E-state index in [0.717, 1.165) is 4.90 Å². The Morgan fingerprint density at radius 2 is 1.80 bits per heavy atom. The number of carbonyl (C=O) groups is 3. The first-order valence-corrected chi connectivity index (χ1v) is 7.19. The van der Waals surface area contributed by atoms with Crippen molar-refractivity contribution in [3.8, 4) is 0 Å². The Kier molecular flexibility index (Phi) is 3.12. The van der Waals surface area contributed by atoms with Gasteiger partial charge in [0, 0.05) is 16.3 Å². The van der Waals surface area contributed by atoms with Crippen molar-refractivity contribution < 1.29 is 19.5 Å². The first-order valence-electron chi connectivity index (χ1n) is 6.39. The predicted octanol–water partition coefficient (Wildman–Crippen LogP) is 2.44. The number of amides is 2. The van der Waals surface area contributed by atoms with Crippen LogP contribution in [-0.4, -0.2) is 22.9 Å². The fraction of sp³-hybridized carbons (Fsp3) is 0.357.